The van der Waals surface area contributed by atoms with Gasteiger partial charge < -0.3 is 9.15 Å². The fourth-order valence-electron chi connectivity index (χ4n) is 2.46. The first kappa shape index (κ1) is 17.2. The highest BCUT2D eigenvalue weighted by molar-refractivity contribution is 5.89. The molecular formula is C20H15NO5. The number of ether oxygens (including phenoxy) is 1. The SMILES string of the molecule is COC(=O)c1ccc(-c2ccc(/C=C(/c3ccccc3)[N+](=O)[O-])o2)cc1. The number of nitro groups is 1. The van der Waals surface area contributed by atoms with Crippen LogP contribution in [0.2, 0.25) is 0 Å². The highest BCUT2D eigenvalue weighted by Crippen LogP contribution is 2.26. The minimum atomic E-state index is -0.442. The molecule has 0 aliphatic rings. The molecule has 0 spiro atoms. The smallest absolute Gasteiger partial charge is 0.337 e. The number of furan rings is 1. The van der Waals surface area contributed by atoms with Crippen LogP contribution in [0.15, 0.2) is 71.1 Å². The van der Waals surface area contributed by atoms with E-state index in [1.807, 2.05) is 0 Å². The molecule has 130 valence electrons. The average molecular weight is 349 g/mol. The summed E-state index contributed by atoms with van der Waals surface area (Å²) in [6, 6.07) is 18.7. The number of hydrogen-bond donors (Lipinski definition) is 0. The molecule has 0 bridgehead atoms. The van der Waals surface area contributed by atoms with Gasteiger partial charge in [0.15, 0.2) is 0 Å². The zero-order valence-corrected chi connectivity index (χ0v) is 13.9. The van der Waals surface area contributed by atoms with Crippen molar-refractivity contribution in [2.75, 3.05) is 7.11 Å². The molecule has 6 nitrogen and oxygen atoms in total. The summed E-state index contributed by atoms with van der Waals surface area (Å²) in [5.74, 6) is 0.495. The molecule has 1 heterocycles. The number of methoxy groups -OCH3 is 1. The maximum absolute atomic E-state index is 11.5. The van der Waals surface area contributed by atoms with Gasteiger partial charge >= 0.3 is 5.97 Å². The summed E-state index contributed by atoms with van der Waals surface area (Å²) in [5.41, 5.74) is 1.63. The third-order valence-electron chi connectivity index (χ3n) is 3.76. The summed E-state index contributed by atoms with van der Waals surface area (Å²) in [5, 5.41) is 11.4. The van der Waals surface area contributed by atoms with Crippen molar-refractivity contribution in [2.45, 2.75) is 0 Å². The molecule has 0 aliphatic heterocycles. The van der Waals surface area contributed by atoms with Gasteiger partial charge in [0.05, 0.1) is 29.2 Å². The molecule has 26 heavy (non-hydrogen) atoms. The molecule has 0 N–H and O–H groups in total. The predicted molar refractivity (Wildman–Crippen MR) is 96.8 cm³/mol. The summed E-state index contributed by atoms with van der Waals surface area (Å²) >= 11 is 0. The number of nitrogens with zero attached hydrogens (tertiary/aromatic N) is 1. The van der Waals surface area contributed by atoms with Gasteiger partial charge in [-0.15, -0.1) is 0 Å². The first-order valence-corrected chi connectivity index (χ1v) is 7.78. The van der Waals surface area contributed by atoms with Crippen molar-refractivity contribution in [1.82, 2.24) is 0 Å². The predicted octanol–water partition coefficient (Wildman–Crippen LogP) is 4.51. The lowest BCUT2D eigenvalue weighted by atomic mass is 10.1. The fraction of sp³-hybridized carbons (Fsp3) is 0.0500. The Kier molecular flexibility index (Phi) is 4.94. The van der Waals surface area contributed by atoms with Crippen molar-refractivity contribution in [3.63, 3.8) is 0 Å². The molecule has 2 aromatic carbocycles. The molecule has 0 atom stereocenters. The first-order valence-electron chi connectivity index (χ1n) is 7.78. The molecule has 0 radical (unpaired) electrons. The summed E-state index contributed by atoms with van der Waals surface area (Å²) in [6.07, 6.45) is 1.39. The Morgan fingerprint density at radius 1 is 1.00 bits per heavy atom. The summed E-state index contributed by atoms with van der Waals surface area (Å²) < 4.78 is 10.4. The highest BCUT2D eigenvalue weighted by atomic mass is 16.6. The Hall–Kier alpha value is -3.67. The zero-order valence-electron chi connectivity index (χ0n) is 13.9. The maximum Gasteiger partial charge on any atom is 0.337 e. The van der Waals surface area contributed by atoms with Gasteiger partial charge in [0.25, 0.3) is 5.70 Å². The highest BCUT2D eigenvalue weighted by Gasteiger charge is 2.15. The van der Waals surface area contributed by atoms with E-state index < -0.39 is 10.9 Å². The average Bonchev–Trinajstić information content (AvgIpc) is 3.15. The van der Waals surface area contributed by atoms with Crippen molar-refractivity contribution in [3.8, 4) is 11.3 Å². The number of hydrogen-bond acceptors (Lipinski definition) is 5. The first-order chi connectivity index (χ1) is 12.6. The van der Waals surface area contributed by atoms with E-state index in [9.17, 15) is 14.9 Å². The monoisotopic (exact) mass is 349 g/mol. The normalized spacial score (nSPS) is 11.2. The van der Waals surface area contributed by atoms with Crippen LogP contribution in [0, 0.1) is 10.1 Å². The van der Waals surface area contributed by atoms with Gasteiger partial charge in [-0.05, 0) is 36.4 Å². The molecule has 0 saturated heterocycles. The van der Waals surface area contributed by atoms with Gasteiger partial charge in [0, 0.05) is 5.56 Å². The van der Waals surface area contributed by atoms with Crippen LogP contribution in [-0.2, 0) is 4.74 Å². The Labute approximate surface area is 149 Å². The molecule has 0 fully saturated rings. The minimum Gasteiger partial charge on any atom is -0.465 e. The second kappa shape index (κ2) is 7.48. The molecule has 0 unspecified atom stereocenters. The molecule has 3 rings (SSSR count). The number of rotatable bonds is 5. The van der Waals surface area contributed by atoms with Crippen LogP contribution in [0.25, 0.3) is 23.1 Å². The quantitative estimate of drug-likeness (QED) is 0.384. The number of benzene rings is 2. The van der Waals surface area contributed by atoms with Crippen LogP contribution < -0.4 is 0 Å². The topological polar surface area (TPSA) is 82.6 Å². The van der Waals surface area contributed by atoms with E-state index in [0.29, 0.717) is 22.6 Å². The maximum atomic E-state index is 11.5. The number of carbonyl (C=O) groups is 1. The molecule has 0 aliphatic carbocycles. The Morgan fingerprint density at radius 3 is 2.31 bits per heavy atom. The third-order valence-corrected chi connectivity index (χ3v) is 3.76. The lowest BCUT2D eigenvalue weighted by Gasteiger charge is -2.01. The fourth-order valence-corrected chi connectivity index (χ4v) is 2.46. The second-order valence-corrected chi connectivity index (χ2v) is 5.42. The molecular weight excluding hydrogens is 334 g/mol. The molecule has 3 aromatic rings. The minimum absolute atomic E-state index is 0.0486. The van der Waals surface area contributed by atoms with Gasteiger partial charge in [-0.2, -0.15) is 0 Å². The summed E-state index contributed by atoms with van der Waals surface area (Å²) in [7, 11) is 1.32. The van der Waals surface area contributed by atoms with Crippen LogP contribution in [0.3, 0.4) is 0 Å². The van der Waals surface area contributed by atoms with Crippen molar-refractivity contribution < 1.29 is 18.9 Å². The lowest BCUT2D eigenvalue weighted by Crippen LogP contribution is -2.00. The van der Waals surface area contributed by atoms with Crippen LogP contribution in [0.4, 0.5) is 0 Å². The Balaban J connectivity index is 1.89. The van der Waals surface area contributed by atoms with Crippen LogP contribution in [-0.4, -0.2) is 18.0 Å². The summed E-state index contributed by atoms with van der Waals surface area (Å²) in [4.78, 5) is 22.4. The Morgan fingerprint density at radius 2 is 1.69 bits per heavy atom. The van der Waals surface area contributed by atoms with E-state index in [1.54, 1.807) is 66.7 Å². The lowest BCUT2D eigenvalue weighted by molar-refractivity contribution is -0.374. The van der Waals surface area contributed by atoms with E-state index in [0.717, 1.165) is 5.56 Å². The van der Waals surface area contributed by atoms with Crippen molar-refractivity contribution in [1.29, 1.82) is 0 Å². The van der Waals surface area contributed by atoms with E-state index in [4.69, 9.17) is 4.42 Å². The van der Waals surface area contributed by atoms with Gasteiger partial charge in [0.1, 0.15) is 11.5 Å². The third kappa shape index (κ3) is 3.70. The van der Waals surface area contributed by atoms with E-state index >= 15 is 0 Å². The molecule has 6 heteroatoms. The van der Waals surface area contributed by atoms with Crippen LogP contribution >= 0.6 is 0 Å². The van der Waals surface area contributed by atoms with E-state index in [1.165, 1.54) is 13.2 Å². The van der Waals surface area contributed by atoms with E-state index in [2.05, 4.69) is 4.74 Å². The standard InChI is InChI=1S/C20H15NO5/c1-25-20(22)16-9-7-15(8-10-16)19-12-11-17(26-19)13-18(21(23)24)14-5-3-2-4-6-14/h2-13H,1H3/b18-13-. The second-order valence-electron chi connectivity index (χ2n) is 5.42. The van der Waals surface area contributed by atoms with Gasteiger partial charge in [0.2, 0.25) is 0 Å². The van der Waals surface area contributed by atoms with Crippen LogP contribution in [0.1, 0.15) is 21.7 Å². The van der Waals surface area contributed by atoms with E-state index in [-0.39, 0.29) is 5.70 Å². The molecule has 0 saturated carbocycles. The molecule has 1 aromatic heterocycles. The van der Waals surface area contributed by atoms with Crippen molar-refractivity contribution in [2.24, 2.45) is 0 Å². The Bertz CT molecular complexity index is 955. The summed E-state index contributed by atoms with van der Waals surface area (Å²) in [6.45, 7) is 0. The van der Waals surface area contributed by atoms with Gasteiger partial charge in [-0.25, -0.2) is 4.79 Å². The van der Waals surface area contributed by atoms with Gasteiger partial charge in [-0.3, -0.25) is 10.1 Å². The van der Waals surface area contributed by atoms with Crippen LogP contribution in [0.5, 0.6) is 0 Å². The zero-order chi connectivity index (χ0) is 18.5. The van der Waals surface area contributed by atoms with Crippen molar-refractivity contribution >= 4 is 17.7 Å². The number of carbonyl (C=O) groups excluding carboxylic acids is 1. The number of esters is 1. The van der Waals surface area contributed by atoms with Crippen molar-refractivity contribution in [3.05, 3.63) is 93.7 Å². The molecule has 0 amide bonds. The largest absolute Gasteiger partial charge is 0.465 e. The van der Waals surface area contributed by atoms with Gasteiger partial charge in [-0.1, -0.05) is 30.3 Å².